The van der Waals surface area contributed by atoms with E-state index in [4.69, 9.17) is 11.6 Å². The number of carbonyl (C=O) groups excluding carboxylic acids is 1. The number of aromatic nitrogens is 1. The van der Waals surface area contributed by atoms with Gasteiger partial charge in [-0.25, -0.2) is 4.98 Å². The molecule has 1 heterocycles. The van der Waals surface area contributed by atoms with Gasteiger partial charge in [0.15, 0.2) is 5.15 Å². The summed E-state index contributed by atoms with van der Waals surface area (Å²) in [6.45, 7) is 5.90. The van der Waals surface area contributed by atoms with Gasteiger partial charge in [-0.2, -0.15) is 0 Å². The fourth-order valence-corrected chi connectivity index (χ4v) is 1.54. The van der Waals surface area contributed by atoms with Crippen LogP contribution in [0.5, 0.6) is 0 Å². The average molecular weight is 306 g/mol. The van der Waals surface area contributed by atoms with Crippen LogP contribution in [0.1, 0.15) is 20.8 Å². The molecule has 1 N–H and O–H groups in total. The molecule has 0 aliphatic carbocycles. The number of nitrogens with zero attached hydrogens (tertiary/aromatic N) is 1. The number of hydrogen-bond acceptors (Lipinski definition) is 2. The molecule has 0 bridgehead atoms. The first-order valence-electron chi connectivity index (χ1n) is 5.03. The predicted molar refractivity (Wildman–Crippen MR) is 69.6 cm³/mol. The Morgan fingerprint density at radius 3 is 2.69 bits per heavy atom. The van der Waals surface area contributed by atoms with E-state index in [0.29, 0.717) is 16.8 Å². The molecule has 0 radical (unpaired) electrons. The van der Waals surface area contributed by atoms with E-state index in [1.807, 2.05) is 20.8 Å². The number of rotatable bonds is 3. The van der Waals surface area contributed by atoms with Crippen molar-refractivity contribution in [2.75, 3.05) is 5.32 Å². The molecule has 0 saturated carbocycles. The maximum atomic E-state index is 11.8. The van der Waals surface area contributed by atoms with Crippen LogP contribution in [0.25, 0.3) is 0 Å². The fourth-order valence-electron chi connectivity index (χ4n) is 1.06. The third-order valence-corrected chi connectivity index (χ3v) is 3.21. The van der Waals surface area contributed by atoms with Crippen LogP contribution in [0, 0.1) is 11.8 Å². The summed E-state index contributed by atoms with van der Waals surface area (Å²) in [6.07, 6.45) is 1.59. The summed E-state index contributed by atoms with van der Waals surface area (Å²) in [5, 5.41) is 3.07. The summed E-state index contributed by atoms with van der Waals surface area (Å²) in [6, 6.07) is 1.74. The second-order valence-electron chi connectivity index (χ2n) is 4.01. The lowest BCUT2D eigenvalue weighted by Crippen LogP contribution is -2.24. The average Bonchev–Trinajstić information content (AvgIpc) is 2.22. The van der Waals surface area contributed by atoms with Crippen molar-refractivity contribution < 1.29 is 4.79 Å². The highest BCUT2D eigenvalue weighted by Crippen LogP contribution is 2.24. The minimum absolute atomic E-state index is 0.0446. The molecule has 1 atom stereocenters. The van der Waals surface area contributed by atoms with Crippen molar-refractivity contribution in [3.05, 3.63) is 21.9 Å². The maximum absolute atomic E-state index is 11.8. The van der Waals surface area contributed by atoms with Crippen molar-refractivity contribution in [2.45, 2.75) is 20.8 Å². The molecule has 0 saturated heterocycles. The van der Waals surface area contributed by atoms with Gasteiger partial charge >= 0.3 is 0 Å². The first-order chi connectivity index (χ1) is 7.41. The Bertz CT molecular complexity index is 396. The van der Waals surface area contributed by atoms with E-state index in [9.17, 15) is 4.79 Å². The normalized spacial score (nSPS) is 12.6. The highest BCUT2D eigenvalue weighted by molar-refractivity contribution is 9.10. The zero-order chi connectivity index (χ0) is 12.3. The lowest BCUT2D eigenvalue weighted by Gasteiger charge is -2.15. The van der Waals surface area contributed by atoms with Crippen LogP contribution < -0.4 is 5.32 Å². The van der Waals surface area contributed by atoms with Gasteiger partial charge in [0.25, 0.3) is 0 Å². The Kier molecular flexibility index (Phi) is 4.74. The van der Waals surface area contributed by atoms with Gasteiger partial charge in [-0.3, -0.25) is 4.79 Å². The second-order valence-corrected chi connectivity index (χ2v) is 5.29. The summed E-state index contributed by atoms with van der Waals surface area (Å²) in [5.74, 6) is 0.186. The summed E-state index contributed by atoms with van der Waals surface area (Å²) in [5.41, 5.74) is 0.536. The van der Waals surface area contributed by atoms with Gasteiger partial charge in [0.2, 0.25) is 5.91 Å². The van der Waals surface area contributed by atoms with Crippen LogP contribution in [-0.2, 0) is 4.79 Å². The molecular formula is C11H14BrClN2O. The molecule has 0 spiro atoms. The molecule has 1 aromatic heterocycles. The number of nitrogens with one attached hydrogen (secondary N) is 1. The molecule has 0 aromatic carbocycles. The molecule has 1 aromatic rings. The van der Waals surface area contributed by atoms with E-state index in [-0.39, 0.29) is 11.8 Å². The van der Waals surface area contributed by atoms with E-state index in [1.165, 1.54) is 0 Å². The smallest absolute Gasteiger partial charge is 0.227 e. The number of anilines is 1. The molecule has 0 aliphatic heterocycles. The largest absolute Gasteiger partial charge is 0.323 e. The molecular weight excluding hydrogens is 291 g/mol. The molecule has 16 heavy (non-hydrogen) atoms. The number of pyridine rings is 1. The molecule has 5 heteroatoms. The third kappa shape index (κ3) is 3.46. The lowest BCUT2D eigenvalue weighted by atomic mass is 9.97. The molecule has 3 nitrogen and oxygen atoms in total. The second kappa shape index (κ2) is 5.64. The Morgan fingerprint density at radius 2 is 2.12 bits per heavy atom. The minimum atomic E-state index is -0.0601. The molecule has 1 amide bonds. The summed E-state index contributed by atoms with van der Waals surface area (Å²) in [4.78, 5) is 15.7. The quantitative estimate of drug-likeness (QED) is 0.865. The number of amides is 1. The molecule has 1 unspecified atom stereocenters. The number of halogens is 2. The maximum Gasteiger partial charge on any atom is 0.227 e. The van der Waals surface area contributed by atoms with Crippen molar-refractivity contribution in [3.8, 4) is 0 Å². The Balaban J connectivity index is 2.80. The monoisotopic (exact) mass is 304 g/mol. The highest BCUT2D eigenvalue weighted by Gasteiger charge is 2.17. The summed E-state index contributed by atoms with van der Waals surface area (Å²) < 4.78 is 0.782. The van der Waals surface area contributed by atoms with Crippen LogP contribution in [0.15, 0.2) is 16.7 Å². The zero-order valence-electron chi connectivity index (χ0n) is 9.42. The van der Waals surface area contributed by atoms with Crippen LogP contribution in [0.3, 0.4) is 0 Å². The summed E-state index contributed by atoms with van der Waals surface area (Å²) in [7, 11) is 0. The van der Waals surface area contributed by atoms with Gasteiger partial charge in [0.1, 0.15) is 0 Å². The van der Waals surface area contributed by atoms with Crippen LogP contribution >= 0.6 is 27.5 Å². The van der Waals surface area contributed by atoms with Crippen LogP contribution in [0.4, 0.5) is 5.69 Å². The Labute approximate surface area is 109 Å². The van der Waals surface area contributed by atoms with Crippen molar-refractivity contribution in [2.24, 2.45) is 11.8 Å². The molecule has 0 fully saturated rings. The highest BCUT2D eigenvalue weighted by atomic mass is 79.9. The Morgan fingerprint density at radius 1 is 1.50 bits per heavy atom. The van der Waals surface area contributed by atoms with E-state index >= 15 is 0 Å². The third-order valence-electron chi connectivity index (χ3n) is 2.48. The first kappa shape index (κ1) is 13.5. The van der Waals surface area contributed by atoms with E-state index < -0.39 is 0 Å². The molecule has 1 rings (SSSR count). The van der Waals surface area contributed by atoms with Gasteiger partial charge in [0, 0.05) is 16.6 Å². The zero-order valence-corrected chi connectivity index (χ0v) is 11.8. The van der Waals surface area contributed by atoms with Gasteiger partial charge in [-0.1, -0.05) is 32.4 Å². The minimum Gasteiger partial charge on any atom is -0.323 e. The van der Waals surface area contributed by atoms with Crippen molar-refractivity contribution in [1.29, 1.82) is 0 Å². The summed E-state index contributed by atoms with van der Waals surface area (Å²) >= 11 is 9.16. The van der Waals surface area contributed by atoms with E-state index in [1.54, 1.807) is 12.3 Å². The van der Waals surface area contributed by atoms with Gasteiger partial charge in [-0.15, -0.1) is 0 Å². The van der Waals surface area contributed by atoms with E-state index in [2.05, 4.69) is 26.2 Å². The van der Waals surface area contributed by atoms with Crippen molar-refractivity contribution >= 4 is 39.1 Å². The number of carbonyl (C=O) groups is 1. The van der Waals surface area contributed by atoms with Crippen LogP contribution in [-0.4, -0.2) is 10.9 Å². The fraction of sp³-hybridized carbons (Fsp3) is 0.455. The molecule has 88 valence electrons. The Hall–Kier alpha value is -0.610. The van der Waals surface area contributed by atoms with E-state index in [0.717, 1.165) is 4.47 Å². The number of hydrogen-bond donors (Lipinski definition) is 1. The van der Waals surface area contributed by atoms with Gasteiger partial charge in [-0.05, 0) is 27.9 Å². The first-order valence-corrected chi connectivity index (χ1v) is 6.20. The van der Waals surface area contributed by atoms with Crippen LogP contribution in [0.2, 0.25) is 5.15 Å². The molecule has 0 aliphatic rings. The standard InChI is InChI=1S/C11H14BrClN2O/c1-6(2)7(3)11(16)15-9-4-8(12)5-14-10(9)13/h4-7H,1-3H3,(H,15,16). The van der Waals surface area contributed by atoms with Crippen molar-refractivity contribution in [3.63, 3.8) is 0 Å². The lowest BCUT2D eigenvalue weighted by molar-refractivity contribution is -0.120. The topological polar surface area (TPSA) is 42.0 Å². The van der Waals surface area contributed by atoms with Crippen molar-refractivity contribution in [1.82, 2.24) is 4.98 Å². The van der Waals surface area contributed by atoms with Gasteiger partial charge in [0.05, 0.1) is 5.69 Å². The van der Waals surface area contributed by atoms with Gasteiger partial charge < -0.3 is 5.32 Å². The SMILES string of the molecule is CC(C)C(C)C(=O)Nc1cc(Br)cnc1Cl. The predicted octanol–water partition coefficient (Wildman–Crippen LogP) is 3.73.